The van der Waals surface area contributed by atoms with E-state index in [2.05, 4.69) is 4.74 Å². The standard InChI is InChI=1S/C12H8N2O9/c1-2-22-12(17)8-4-7(15)5-3-6(13(18)19)10(16)9(14(20)21)11(5)23-8/h3-4,16H,2H2,1H3. The van der Waals surface area contributed by atoms with E-state index in [4.69, 9.17) is 4.42 Å². The molecule has 0 saturated heterocycles. The van der Waals surface area contributed by atoms with Gasteiger partial charge in [-0.1, -0.05) is 0 Å². The molecule has 0 fully saturated rings. The lowest BCUT2D eigenvalue weighted by Crippen LogP contribution is -2.11. The fourth-order valence-corrected chi connectivity index (χ4v) is 1.86. The van der Waals surface area contributed by atoms with Gasteiger partial charge in [0.05, 0.1) is 21.8 Å². The third kappa shape index (κ3) is 2.66. The molecule has 2 aromatic rings. The summed E-state index contributed by atoms with van der Waals surface area (Å²) in [5.41, 5.74) is -3.90. The van der Waals surface area contributed by atoms with Gasteiger partial charge in [-0.2, -0.15) is 0 Å². The van der Waals surface area contributed by atoms with Gasteiger partial charge < -0.3 is 14.3 Å². The van der Waals surface area contributed by atoms with Crippen molar-refractivity contribution in [3.63, 3.8) is 0 Å². The van der Waals surface area contributed by atoms with Crippen LogP contribution in [-0.4, -0.2) is 27.5 Å². The van der Waals surface area contributed by atoms with Crippen LogP contribution in [0.15, 0.2) is 21.3 Å². The van der Waals surface area contributed by atoms with Gasteiger partial charge in [0.25, 0.3) is 5.75 Å². The second-order valence-electron chi connectivity index (χ2n) is 4.18. The quantitative estimate of drug-likeness (QED) is 0.498. The molecule has 1 aromatic carbocycles. The second kappa shape index (κ2) is 5.71. The Morgan fingerprint density at radius 2 is 1.96 bits per heavy atom. The predicted molar refractivity (Wildman–Crippen MR) is 73.4 cm³/mol. The van der Waals surface area contributed by atoms with Crippen LogP contribution in [0.2, 0.25) is 0 Å². The lowest BCUT2D eigenvalue weighted by atomic mass is 10.1. The summed E-state index contributed by atoms with van der Waals surface area (Å²) in [6, 6.07) is 1.34. The number of hydrogen-bond donors (Lipinski definition) is 1. The number of fused-ring (bicyclic) bond motifs is 1. The van der Waals surface area contributed by atoms with Crippen LogP contribution in [0.25, 0.3) is 11.0 Å². The van der Waals surface area contributed by atoms with Crippen LogP contribution >= 0.6 is 0 Å². The number of rotatable bonds is 4. The van der Waals surface area contributed by atoms with Crippen LogP contribution in [0.5, 0.6) is 5.75 Å². The molecule has 1 aromatic heterocycles. The third-order valence-corrected chi connectivity index (χ3v) is 2.80. The zero-order valence-corrected chi connectivity index (χ0v) is 11.5. The molecule has 0 radical (unpaired) electrons. The van der Waals surface area contributed by atoms with E-state index in [9.17, 15) is 34.9 Å². The fraction of sp³-hybridized carbons (Fsp3) is 0.167. The van der Waals surface area contributed by atoms with E-state index in [-0.39, 0.29) is 6.61 Å². The number of nitrogens with zero attached hydrogens (tertiary/aromatic N) is 2. The van der Waals surface area contributed by atoms with Gasteiger partial charge in [0, 0.05) is 12.1 Å². The summed E-state index contributed by atoms with van der Waals surface area (Å²) in [4.78, 5) is 43.2. The number of hydrogen-bond acceptors (Lipinski definition) is 9. The SMILES string of the molecule is CCOC(=O)c1cc(=O)c2cc([N+](=O)[O-])c(O)c([N+](=O)[O-])c2o1. The molecule has 0 saturated carbocycles. The Morgan fingerprint density at radius 3 is 2.48 bits per heavy atom. The van der Waals surface area contributed by atoms with E-state index in [1.54, 1.807) is 0 Å². The Kier molecular flexibility index (Phi) is 3.94. The number of esters is 1. The number of nitro benzene ring substituents is 2. The summed E-state index contributed by atoms with van der Waals surface area (Å²) in [5.74, 6) is -2.95. The number of nitro groups is 2. The highest BCUT2D eigenvalue weighted by Crippen LogP contribution is 2.41. The number of carbonyl (C=O) groups is 1. The van der Waals surface area contributed by atoms with Gasteiger partial charge in [0.2, 0.25) is 11.3 Å². The molecule has 0 aliphatic rings. The van der Waals surface area contributed by atoms with Gasteiger partial charge in [-0.25, -0.2) is 4.79 Å². The summed E-state index contributed by atoms with van der Waals surface area (Å²) in [5, 5.41) is 31.1. The van der Waals surface area contributed by atoms with E-state index in [1.165, 1.54) is 6.92 Å². The van der Waals surface area contributed by atoms with Crippen LogP contribution in [0.1, 0.15) is 17.5 Å². The first kappa shape index (κ1) is 15.9. The zero-order valence-electron chi connectivity index (χ0n) is 11.5. The first-order valence-electron chi connectivity index (χ1n) is 6.07. The lowest BCUT2D eigenvalue weighted by Gasteiger charge is -2.04. The number of aromatic hydroxyl groups is 1. The number of carbonyl (C=O) groups excluding carboxylic acids is 1. The smallest absolute Gasteiger partial charge is 0.374 e. The fourth-order valence-electron chi connectivity index (χ4n) is 1.86. The maximum atomic E-state index is 12.0. The first-order valence-corrected chi connectivity index (χ1v) is 6.07. The molecule has 11 heteroatoms. The molecule has 0 aliphatic carbocycles. The minimum Gasteiger partial charge on any atom is -0.497 e. The van der Waals surface area contributed by atoms with Crippen LogP contribution in [-0.2, 0) is 4.74 Å². The highest BCUT2D eigenvalue weighted by atomic mass is 16.6. The van der Waals surface area contributed by atoms with Crippen LogP contribution in [0, 0.1) is 20.2 Å². The molecule has 120 valence electrons. The molecule has 11 nitrogen and oxygen atoms in total. The molecule has 0 aliphatic heterocycles. The molecule has 0 atom stereocenters. The third-order valence-electron chi connectivity index (χ3n) is 2.80. The van der Waals surface area contributed by atoms with Crippen molar-refractivity contribution in [1.82, 2.24) is 0 Å². The Morgan fingerprint density at radius 1 is 1.30 bits per heavy atom. The summed E-state index contributed by atoms with van der Waals surface area (Å²) in [6.45, 7) is 1.46. The van der Waals surface area contributed by atoms with E-state index < -0.39 is 55.1 Å². The van der Waals surface area contributed by atoms with Crippen molar-refractivity contribution in [1.29, 1.82) is 0 Å². The maximum Gasteiger partial charge on any atom is 0.374 e. The van der Waals surface area contributed by atoms with Gasteiger partial charge in [-0.3, -0.25) is 25.0 Å². The zero-order chi connectivity index (χ0) is 17.3. The molecular formula is C12H8N2O9. The summed E-state index contributed by atoms with van der Waals surface area (Å²) in [7, 11) is 0. The predicted octanol–water partition coefficient (Wildman–Crippen LogP) is 1.49. The minimum atomic E-state index is -1.28. The summed E-state index contributed by atoms with van der Waals surface area (Å²) in [6.07, 6.45) is 0. The average molecular weight is 324 g/mol. The van der Waals surface area contributed by atoms with Gasteiger partial charge in [-0.15, -0.1) is 0 Å². The molecule has 0 unspecified atom stereocenters. The lowest BCUT2D eigenvalue weighted by molar-refractivity contribution is -0.395. The molecular weight excluding hydrogens is 316 g/mol. The number of phenolic OH excluding ortho intramolecular Hbond substituents is 1. The highest BCUT2D eigenvalue weighted by molar-refractivity contribution is 5.95. The Bertz CT molecular complexity index is 900. The topological polar surface area (TPSA) is 163 Å². The second-order valence-corrected chi connectivity index (χ2v) is 4.18. The van der Waals surface area contributed by atoms with Crippen molar-refractivity contribution < 1.29 is 28.9 Å². The first-order chi connectivity index (χ1) is 10.8. The number of phenols is 1. The average Bonchev–Trinajstić information content (AvgIpc) is 2.45. The monoisotopic (exact) mass is 324 g/mol. The number of benzene rings is 1. The highest BCUT2D eigenvalue weighted by Gasteiger charge is 2.32. The van der Waals surface area contributed by atoms with E-state index >= 15 is 0 Å². The van der Waals surface area contributed by atoms with E-state index in [1.807, 2.05) is 0 Å². The van der Waals surface area contributed by atoms with Crippen molar-refractivity contribution in [3.05, 3.63) is 48.3 Å². The largest absolute Gasteiger partial charge is 0.497 e. The summed E-state index contributed by atoms with van der Waals surface area (Å²) >= 11 is 0. The molecule has 1 heterocycles. The summed E-state index contributed by atoms with van der Waals surface area (Å²) < 4.78 is 9.58. The Hall–Kier alpha value is -3.50. The van der Waals surface area contributed by atoms with Gasteiger partial charge >= 0.3 is 17.3 Å². The van der Waals surface area contributed by atoms with Crippen LogP contribution in [0.4, 0.5) is 11.4 Å². The van der Waals surface area contributed by atoms with Crippen molar-refractivity contribution in [2.75, 3.05) is 6.61 Å². The van der Waals surface area contributed by atoms with Gasteiger partial charge in [0.15, 0.2) is 5.43 Å². The van der Waals surface area contributed by atoms with Crippen LogP contribution < -0.4 is 5.43 Å². The Balaban J connectivity index is 2.92. The molecule has 0 spiro atoms. The van der Waals surface area contributed by atoms with Crippen LogP contribution in [0.3, 0.4) is 0 Å². The molecule has 23 heavy (non-hydrogen) atoms. The molecule has 1 N–H and O–H groups in total. The normalized spacial score (nSPS) is 10.5. The van der Waals surface area contributed by atoms with E-state index in [0.717, 1.165) is 0 Å². The van der Waals surface area contributed by atoms with Gasteiger partial charge in [0.1, 0.15) is 0 Å². The Labute approximate surface area is 126 Å². The van der Waals surface area contributed by atoms with Crippen molar-refractivity contribution in [3.8, 4) is 5.75 Å². The maximum absolute atomic E-state index is 12.0. The molecule has 0 bridgehead atoms. The number of ether oxygens (including phenoxy) is 1. The molecule has 2 rings (SSSR count). The van der Waals surface area contributed by atoms with Gasteiger partial charge in [-0.05, 0) is 6.92 Å². The van der Waals surface area contributed by atoms with Crippen molar-refractivity contribution in [2.45, 2.75) is 6.92 Å². The molecule has 0 amide bonds. The van der Waals surface area contributed by atoms with Crippen molar-refractivity contribution >= 4 is 28.3 Å². The minimum absolute atomic E-state index is 0.0335. The van der Waals surface area contributed by atoms with Crippen molar-refractivity contribution in [2.24, 2.45) is 0 Å². The van der Waals surface area contributed by atoms with E-state index in [0.29, 0.717) is 12.1 Å².